The summed E-state index contributed by atoms with van der Waals surface area (Å²) >= 11 is 0. The first-order valence-electron chi connectivity index (χ1n) is 6.96. The van der Waals surface area contributed by atoms with Crippen molar-refractivity contribution in [1.29, 1.82) is 0 Å². The molecule has 0 atom stereocenters. The monoisotopic (exact) mass is 331 g/mol. The summed E-state index contributed by atoms with van der Waals surface area (Å²) in [7, 11) is 0. The number of anilines is 1. The molecule has 0 saturated carbocycles. The molecule has 0 aliphatic heterocycles. The summed E-state index contributed by atoms with van der Waals surface area (Å²) in [6, 6.07) is 6.29. The molecule has 0 fully saturated rings. The fraction of sp³-hybridized carbons (Fsp3) is 0.467. The van der Waals surface area contributed by atoms with Crippen molar-refractivity contribution >= 4 is 17.5 Å². The van der Waals surface area contributed by atoms with Crippen LogP contribution in [0.15, 0.2) is 24.3 Å². The van der Waals surface area contributed by atoms with Crippen LogP contribution in [-0.2, 0) is 4.79 Å². The maximum absolute atomic E-state index is 11.9. The number of amides is 2. The third kappa shape index (κ3) is 8.08. The lowest BCUT2D eigenvalue weighted by Crippen LogP contribution is -2.40. The second-order valence-electron chi connectivity index (χ2n) is 6.03. The summed E-state index contributed by atoms with van der Waals surface area (Å²) in [6.45, 7) is 3.93. The first kappa shape index (κ1) is 18.8. The highest BCUT2D eigenvalue weighted by Gasteiger charge is 2.27. The number of benzene rings is 1. The number of nitrogens with one attached hydrogen (secondary N) is 3. The molecule has 1 aromatic rings. The van der Waals surface area contributed by atoms with E-state index in [1.807, 2.05) is 20.8 Å². The minimum Gasteiger partial charge on any atom is -0.376 e. The summed E-state index contributed by atoms with van der Waals surface area (Å²) in [6.07, 6.45) is -4.43. The molecule has 8 heteroatoms. The van der Waals surface area contributed by atoms with Crippen molar-refractivity contribution < 1.29 is 22.8 Å². The lowest BCUT2D eigenvalue weighted by atomic mass is 10.1. The van der Waals surface area contributed by atoms with Gasteiger partial charge in [-0.25, -0.2) is 0 Å². The Morgan fingerprint density at radius 3 is 2.09 bits per heavy atom. The molecule has 128 valence electrons. The number of alkyl halides is 3. The standard InChI is InChI=1S/C15H20F3N3O2/c1-14(2,3)21-13(23)10-4-6-11(7-5-10)19-8-12(22)20-9-15(16,17)18/h4-7,19H,8-9H2,1-3H3,(H,20,22)(H,21,23). The summed E-state index contributed by atoms with van der Waals surface area (Å²) in [4.78, 5) is 23.2. The molecule has 0 aliphatic carbocycles. The van der Waals surface area contributed by atoms with Crippen LogP contribution < -0.4 is 16.0 Å². The molecule has 3 N–H and O–H groups in total. The number of rotatable bonds is 5. The van der Waals surface area contributed by atoms with Crippen molar-refractivity contribution in [2.45, 2.75) is 32.5 Å². The zero-order valence-corrected chi connectivity index (χ0v) is 13.2. The molecule has 0 unspecified atom stereocenters. The van der Waals surface area contributed by atoms with Gasteiger partial charge in [0.25, 0.3) is 5.91 Å². The Balaban J connectivity index is 2.48. The predicted molar refractivity (Wildman–Crippen MR) is 81.2 cm³/mol. The van der Waals surface area contributed by atoms with Crippen LogP contribution in [-0.4, -0.2) is 36.6 Å². The molecule has 0 radical (unpaired) electrons. The van der Waals surface area contributed by atoms with E-state index in [0.29, 0.717) is 11.3 Å². The average molecular weight is 331 g/mol. The Labute approximate surface area is 132 Å². The van der Waals surface area contributed by atoms with Gasteiger partial charge in [-0.1, -0.05) is 0 Å². The topological polar surface area (TPSA) is 70.2 Å². The molecule has 0 spiro atoms. The van der Waals surface area contributed by atoms with Crippen LogP contribution in [0.5, 0.6) is 0 Å². The minimum atomic E-state index is -4.43. The number of hydrogen-bond donors (Lipinski definition) is 3. The van der Waals surface area contributed by atoms with Crippen LogP contribution in [0.3, 0.4) is 0 Å². The smallest absolute Gasteiger partial charge is 0.376 e. The largest absolute Gasteiger partial charge is 0.405 e. The highest BCUT2D eigenvalue weighted by Crippen LogP contribution is 2.12. The lowest BCUT2D eigenvalue weighted by molar-refractivity contribution is -0.137. The highest BCUT2D eigenvalue weighted by molar-refractivity contribution is 5.95. The van der Waals surface area contributed by atoms with E-state index in [4.69, 9.17) is 0 Å². The molecule has 0 heterocycles. The van der Waals surface area contributed by atoms with Gasteiger partial charge in [-0.2, -0.15) is 13.2 Å². The fourth-order valence-electron chi connectivity index (χ4n) is 1.60. The Morgan fingerprint density at radius 2 is 1.61 bits per heavy atom. The van der Waals surface area contributed by atoms with E-state index >= 15 is 0 Å². The SMILES string of the molecule is CC(C)(C)NC(=O)c1ccc(NCC(=O)NCC(F)(F)F)cc1. The molecular formula is C15H20F3N3O2. The first-order valence-corrected chi connectivity index (χ1v) is 6.96. The van der Waals surface area contributed by atoms with Crippen molar-refractivity contribution in [3.05, 3.63) is 29.8 Å². The molecule has 23 heavy (non-hydrogen) atoms. The molecule has 0 aliphatic rings. The second kappa shape index (κ2) is 7.34. The molecule has 0 aromatic heterocycles. The predicted octanol–water partition coefficient (Wildman–Crippen LogP) is 2.31. The number of hydrogen-bond acceptors (Lipinski definition) is 3. The van der Waals surface area contributed by atoms with Crippen molar-refractivity contribution in [3.63, 3.8) is 0 Å². The van der Waals surface area contributed by atoms with Crippen LogP contribution in [0, 0.1) is 0 Å². The van der Waals surface area contributed by atoms with E-state index in [9.17, 15) is 22.8 Å². The maximum Gasteiger partial charge on any atom is 0.405 e. The van der Waals surface area contributed by atoms with Crippen molar-refractivity contribution in [2.75, 3.05) is 18.4 Å². The van der Waals surface area contributed by atoms with E-state index in [2.05, 4.69) is 10.6 Å². The lowest BCUT2D eigenvalue weighted by Gasteiger charge is -2.20. The van der Waals surface area contributed by atoms with Gasteiger partial charge in [0.2, 0.25) is 5.91 Å². The summed E-state index contributed by atoms with van der Waals surface area (Å²) < 4.78 is 35.8. The van der Waals surface area contributed by atoms with Gasteiger partial charge < -0.3 is 16.0 Å². The van der Waals surface area contributed by atoms with Crippen molar-refractivity contribution in [2.24, 2.45) is 0 Å². The molecule has 1 rings (SSSR count). The number of carbonyl (C=O) groups is 2. The van der Waals surface area contributed by atoms with Gasteiger partial charge in [0.1, 0.15) is 6.54 Å². The second-order valence-corrected chi connectivity index (χ2v) is 6.03. The summed E-state index contributed by atoms with van der Waals surface area (Å²) in [5.41, 5.74) is 0.622. The van der Waals surface area contributed by atoms with Crippen LogP contribution in [0.25, 0.3) is 0 Å². The van der Waals surface area contributed by atoms with Gasteiger partial charge in [-0.15, -0.1) is 0 Å². The molecule has 0 saturated heterocycles. The van der Waals surface area contributed by atoms with Gasteiger partial charge in [-0.05, 0) is 45.0 Å². The van der Waals surface area contributed by atoms with Gasteiger partial charge in [-0.3, -0.25) is 9.59 Å². The minimum absolute atomic E-state index is 0.230. The average Bonchev–Trinajstić information content (AvgIpc) is 2.41. The third-order valence-corrected chi connectivity index (χ3v) is 2.57. The zero-order chi connectivity index (χ0) is 17.7. The normalized spacial score (nSPS) is 11.7. The van der Waals surface area contributed by atoms with E-state index in [0.717, 1.165) is 0 Å². The third-order valence-electron chi connectivity index (χ3n) is 2.57. The van der Waals surface area contributed by atoms with E-state index in [-0.39, 0.29) is 18.0 Å². The summed E-state index contributed by atoms with van der Waals surface area (Å²) in [5, 5.41) is 7.25. The Kier molecular flexibility index (Phi) is 6.00. The molecule has 0 bridgehead atoms. The Hall–Kier alpha value is -2.25. The van der Waals surface area contributed by atoms with Gasteiger partial charge in [0, 0.05) is 16.8 Å². The number of carbonyl (C=O) groups excluding carboxylic acids is 2. The summed E-state index contributed by atoms with van der Waals surface area (Å²) in [5.74, 6) is -0.996. The van der Waals surface area contributed by atoms with Crippen LogP contribution in [0.1, 0.15) is 31.1 Å². The van der Waals surface area contributed by atoms with Crippen LogP contribution in [0.2, 0.25) is 0 Å². The highest BCUT2D eigenvalue weighted by atomic mass is 19.4. The van der Waals surface area contributed by atoms with Crippen molar-refractivity contribution in [3.8, 4) is 0 Å². The van der Waals surface area contributed by atoms with E-state index in [1.54, 1.807) is 29.6 Å². The van der Waals surface area contributed by atoms with E-state index in [1.165, 1.54) is 0 Å². The zero-order valence-electron chi connectivity index (χ0n) is 13.2. The van der Waals surface area contributed by atoms with Gasteiger partial charge in [0.05, 0.1) is 6.54 Å². The molecule has 5 nitrogen and oxygen atoms in total. The first-order chi connectivity index (χ1) is 10.5. The van der Waals surface area contributed by atoms with E-state index < -0.39 is 18.6 Å². The van der Waals surface area contributed by atoms with Gasteiger partial charge in [0.15, 0.2) is 0 Å². The van der Waals surface area contributed by atoms with Gasteiger partial charge >= 0.3 is 6.18 Å². The Morgan fingerprint density at radius 1 is 1.04 bits per heavy atom. The molecule has 2 amide bonds. The fourth-order valence-corrected chi connectivity index (χ4v) is 1.60. The Bertz CT molecular complexity index is 549. The number of halogens is 3. The van der Waals surface area contributed by atoms with Crippen LogP contribution >= 0.6 is 0 Å². The maximum atomic E-state index is 11.9. The molecule has 1 aromatic carbocycles. The van der Waals surface area contributed by atoms with Crippen molar-refractivity contribution in [1.82, 2.24) is 10.6 Å². The quantitative estimate of drug-likeness (QED) is 0.775. The molecular weight excluding hydrogens is 311 g/mol. The van der Waals surface area contributed by atoms with Crippen LogP contribution in [0.4, 0.5) is 18.9 Å².